The second-order valence-corrected chi connectivity index (χ2v) is 8.68. The minimum Gasteiger partial charge on any atom is -0.385 e. The molecule has 0 atom stereocenters. The first kappa shape index (κ1) is 21.1. The third-order valence-corrected chi connectivity index (χ3v) is 5.74. The summed E-state index contributed by atoms with van der Waals surface area (Å²) in [5, 5.41) is 6.25. The van der Waals surface area contributed by atoms with Crippen LogP contribution in [-0.4, -0.2) is 84.3 Å². The van der Waals surface area contributed by atoms with Crippen LogP contribution in [0.1, 0.15) is 20.3 Å². The molecule has 22 heavy (non-hydrogen) atoms. The number of methoxy groups -OCH3 is 1. The van der Waals surface area contributed by atoms with E-state index in [0.717, 1.165) is 32.7 Å². The second kappa shape index (κ2) is 10.0. The van der Waals surface area contributed by atoms with Crippen molar-refractivity contribution >= 4 is 15.8 Å². The highest BCUT2D eigenvalue weighted by molar-refractivity contribution is 7.92. The van der Waals surface area contributed by atoms with Crippen LogP contribution < -0.4 is 10.6 Å². The maximum absolute atomic E-state index is 11.7. The summed E-state index contributed by atoms with van der Waals surface area (Å²) < 4.78 is 27.5. The monoisotopic (exact) mass is 336 g/mol. The van der Waals surface area contributed by atoms with Gasteiger partial charge in [-0.15, -0.1) is 0 Å². The molecule has 0 saturated heterocycles. The van der Waals surface area contributed by atoms with Gasteiger partial charge in [0.2, 0.25) is 0 Å². The van der Waals surface area contributed by atoms with Crippen LogP contribution in [0, 0.1) is 0 Å². The Hall–Kier alpha value is -0.860. The Morgan fingerprint density at radius 1 is 1.27 bits per heavy atom. The van der Waals surface area contributed by atoms with Gasteiger partial charge in [-0.3, -0.25) is 4.99 Å². The lowest BCUT2D eigenvalue weighted by atomic mass is 10.2. The van der Waals surface area contributed by atoms with E-state index in [-0.39, 0.29) is 0 Å². The summed E-state index contributed by atoms with van der Waals surface area (Å²) in [5.41, 5.74) is 0. The molecular formula is C14H32N4O3S. The van der Waals surface area contributed by atoms with Gasteiger partial charge in [-0.1, -0.05) is 0 Å². The zero-order valence-corrected chi connectivity index (χ0v) is 15.6. The number of rotatable bonds is 10. The summed E-state index contributed by atoms with van der Waals surface area (Å²) in [6, 6.07) is 0. The van der Waals surface area contributed by atoms with Gasteiger partial charge in [0.15, 0.2) is 15.8 Å². The van der Waals surface area contributed by atoms with Crippen LogP contribution >= 0.6 is 0 Å². The lowest BCUT2D eigenvalue weighted by molar-refractivity contribution is 0.180. The van der Waals surface area contributed by atoms with Crippen molar-refractivity contribution in [3.8, 4) is 0 Å². The Labute approximate surface area is 135 Å². The topological polar surface area (TPSA) is 83.0 Å². The van der Waals surface area contributed by atoms with E-state index in [1.807, 2.05) is 0 Å². The molecule has 8 heteroatoms. The number of nitrogens with zero attached hydrogens (tertiary/aromatic N) is 2. The molecule has 0 rings (SSSR count). The van der Waals surface area contributed by atoms with Crippen molar-refractivity contribution in [3.05, 3.63) is 0 Å². The molecule has 7 nitrogen and oxygen atoms in total. The van der Waals surface area contributed by atoms with Crippen LogP contribution in [0.25, 0.3) is 0 Å². The van der Waals surface area contributed by atoms with Crippen molar-refractivity contribution in [2.45, 2.75) is 25.0 Å². The molecular weight excluding hydrogens is 304 g/mol. The predicted molar refractivity (Wildman–Crippen MR) is 92.3 cm³/mol. The molecule has 132 valence electrons. The molecule has 0 fully saturated rings. The van der Waals surface area contributed by atoms with Crippen LogP contribution in [-0.2, 0) is 14.6 Å². The zero-order chi connectivity index (χ0) is 17.2. The third kappa shape index (κ3) is 8.55. The Bertz CT molecular complexity index is 435. The van der Waals surface area contributed by atoms with Crippen LogP contribution in [0.5, 0.6) is 0 Å². The first-order chi connectivity index (χ1) is 10.1. The van der Waals surface area contributed by atoms with Gasteiger partial charge in [-0.25, -0.2) is 8.42 Å². The molecule has 2 N–H and O–H groups in total. The lowest BCUT2D eigenvalue weighted by Gasteiger charge is -2.24. The molecule has 0 unspecified atom stereocenters. The van der Waals surface area contributed by atoms with E-state index in [4.69, 9.17) is 4.74 Å². The highest BCUT2D eigenvalue weighted by atomic mass is 32.2. The fraction of sp³-hybridized carbons (Fsp3) is 0.929. The van der Waals surface area contributed by atoms with Crippen molar-refractivity contribution < 1.29 is 13.2 Å². The van der Waals surface area contributed by atoms with Crippen molar-refractivity contribution in [3.63, 3.8) is 0 Å². The quantitative estimate of drug-likeness (QED) is 0.330. The van der Waals surface area contributed by atoms with E-state index in [0.29, 0.717) is 12.5 Å². The van der Waals surface area contributed by atoms with Crippen molar-refractivity contribution in [1.29, 1.82) is 0 Å². The summed E-state index contributed by atoms with van der Waals surface area (Å²) in [5.74, 6) is 0.613. The highest BCUT2D eigenvalue weighted by Crippen LogP contribution is 2.13. The molecule has 0 radical (unpaired) electrons. The van der Waals surface area contributed by atoms with Crippen LogP contribution in [0.4, 0.5) is 0 Å². The van der Waals surface area contributed by atoms with E-state index >= 15 is 0 Å². The van der Waals surface area contributed by atoms with Crippen molar-refractivity contribution in [1.82, 2.24) is 15.5 Å². The third-order valence-electron chi connectivity index (χ3n) is 3.58. The Morgan fingerprint density at radius 2 is 1.91 bits per heavy atom. The van der Waals surface area contributed by atoms with E-state index in [1.54, 1.807) is 28.0 Å². The van der Waals surface area contributed by atoms with E-state index < -0.39 is 14.6 Å². The van der Waals surface area contributed by atoms with E-state index in [1.165, 1.54) is 6.26 Å². The average molecular weight is 337 g/mol. The number of sulfone groups is 1. The Balaban J connectivity index is 4.09. The Morgan fingerprint density at radius 3 is 2.41 bits per heavy atom. The summed E-state index contributed by atoms with van der Waals surface area (Å²) in [6.45, 7) is 7.07. The summed E-state index contributed by atoms with van der Waals surface area (Å²) in [7, 11) is 2.31. The van der Waals surface area contributed by atoms with Gasteiger partial charge >= 0.3 is 0 Å². The smallest absolute Gasteiger partial charge is 0.191 e. The van der Waals surface area contributed by atoms with Crippen LogP contribution in [0.3, 0.4) is 0 Å². The number of nitrogens with one attached hydrogen (secondary N) is 2. The first-order valence-corrected chi connectivity index (χ1v) is 9.35. The molecule has 0 amide bonds. The summed E-state index contributed by atoms with van der Waals surface area (Å²) in [6.07, 6.45) is 2.25. The number of ether oxygens (including phenoxy) is 1. The van der Waals surface area contributed by atoms with Gasteiger partial charge in [-0.2, -0.15) is 0 Å². The van der Waals surface area contributed by atoms with Crippen molar-refractivity contribution in [2.75, 3.05) is 60.2 Å². The number of likely N-dealkylation sites (N-methyl/N-ethyl adjacent to an activating group) is 1. The largest absolute Gasteiger partial charge is 0.385 e. The molecule has 0 aliphatic carbocycles. The summed E-state index contributed by atoms with van der Waals surface area (Å²) in [4.78, 5) is 6.31. The highest BCUT2D eigenvalue weighted by Gasteiger charge is 2.30. The van der Waals surface area contributed by atoms with Crippen LogP contribution in [0.15, 0.2) is 4.99 Å². The van der Waals surface area contributed by atoms with Gasteiger partial charge in [0.1, 0.15) is 0 Å². The number of hydrogen-bond acceptors (Lipinski definition) is 5. The van der Waals surface area contributed by atoms with Gasteiger partial charge in [-0.05, 0) is 27.3 Å². The SMILES string of the molecule is CN=C(NCCN(C)CCCOC)NCC(C)(C)S(C)(=O)=O. The van der Waals surface area contributed by atoms with E-state index in [9.17, 15) is 8.42 Å². The fourth-order valence-corrected chi connectivity index (χ4v) is 1.94. The van der Waals surface area contributed by atoms with Crippen LogP contribution in [0.2, 0.25) is 0 Å². The number of hydrogen-bond donors (Lipinski definition) is 2. The molecule has 0 aromatic carbocycles. The standard InChI is InChI=1S/C14H32N4O3S/c1-14(2,22(6,19)20)12-17-13(15-3)16-8-10-18(4)9-7-11-21-5/h7-12H2,1-6H3,(H2,15,16,17). The van der Waals surface area contributed by atoms with Gasteiger partial charge in [0.05, 0.1) is 4.75 Å². The maximum atomic E-state index is 11.7. The molecule has 0 heterocycles. The average Bonchev–Trinajstić information content (AvgIpc) is 2.41. The fourth-order valence-electron chi connectivity index (χ4n) is 1.60. The molecule has 0 aliphatic rings. The Kier molecular flexibility index (Phi) is 9.63. The maximum Gasteiger partial charge on any atom is 0.191 e. The molecule has 0 saturated carbocycles. The normalized spacial score (nSPS) is 13.5. The zero-order valence-electron chi connectivity index (χ0n) is 14.8. The number of guanidine groups is 1. The minimum absolute atomic E-state index is 0.315. The first-order valence-electron chi connectivity index (χ1n) is 7.45. The second-order valence-electron chi connectivity index (χ2n) is 6.03. The number of aliphatic imine (C=N–C) groups is 1. The molecule has 0 aromatic heterocycles. The van der Waals surface area contributed by atoms with E-state index in [2.05, 4.69) is 27.6 Å². The predicted octanol–water partition coefficient (Wildman–Crippen LogP) is -0.0571. The van der Waals surface area contributed by atoms with Crippen molar-refractivity contribution in [2.24, 2.45) is 4.99 Å². The van der Waals surface area contributed by atoms with Gasteiger partial charge in [0.25, 0.3) is 0 Å². The minimum atomic E-state index is -3.12. The molecule has 0 bridgehead atoms. The summed E-state index contributed by atoms with van der Waals surface area (Å²) >= 11 is 0. The van der Waals surface area contributed by atoms with Gasteiger partial charge < -0.3 is 20.3 Å². The van der Waals surface area contributed by atoms with Gasteiger partial charge in [0, 0.05) is 53.2 Å². The lowest BCUT2D eigenvalue weighted by Crippen LogP contribution is -2.48. The molecule has 0 spiro atoms. The molecule has 0 aliphatic heterocycles. The molecule has 0 aromatic rings.